The van der Waals surface area contributed by atoms with Crippen LogP contribution in [0.3, 0.4) is 0 Å². The van der Waals surface area contributed by atoms with E-state index in [0.717, 1.165) is 11.8 Å². The molecular weight excluding hydrogens is 443 g/mol. The highest BCUT2D eigenvalue weighted by molar-refractivity contribution is 7.90. The van der Waals surface area contributed by atoms with Crippen molar-refractivity contribution in [1.29, 1.82) is 0 Å². The highest BCUT2D eigenvalue weighted by atomic mass is 32.2. The zero-order valence-corrected chi connectivity index (χ0v) is 18.8. The number of aromatic nitrogens is 2. The molecule has 168 valence electrons. The molecule has 4 rings (SSSR count). The van der Waals surface area contributed by atoms with E-state index in [4.69, 9.17) is 4.74 Å². The molecule has 4 aromatic rings. The Morgan fingerprint density at radius 2 is 1.52 bits per heavy atom. The lowest BCUT2D eigenvalue weighted by molar-refractivity contribution is 0.414. The zero-order chi connectivity index (χ0) is 23.6. The molecule has 0 radical (unpaired) electrons. The van der Waals surface area contributed by atoms with Crippen molar-refractivity contribution in [2.24, 2.45) is 0 Å². The SMILES string of the molecule is COc1ccc(Cn2nc(-c3ccc(S(C)(=O)=O)cc3)c(-c3ccc(F)cc3)cc2=O)cc1. The van der Waals surface area contributed by atoms with Gasteiger partial charge in [-0.1, -0.05) is 36.4 Å². The average Bonchev–Trinajstić information content (AvgIpc) is 2.81. The first-order valence-electron chi connectivity index (χ1n) is 10.1. The van der Waals surface area contributed by atoms with Gasteiger partial charge in [0, 0.05) is 23.4 Å². The van der Waals surface area contributed by atoms with Gasteiger partial charge in [0.2, 0.25) is 0 Å². The molecule has 0 amide bonds. The minimum absolute atomic E-state index is 0.182. The number of rotatable bonds is 6. The molecule has 0 N–H and O–H groups in total. The van der Waals surface area contributed by atoms with Gasteiger partial charge in [-0.2, -0.15) is 5.10 Å². The molecule has 0 saturated heterocycles. The van der Waals surface area contributed by atoms with E-state index in [2.05, 4.69) is 5.10 Å². The number of halogens is 1. The van der Waals surface area contributed by atoms with Gasteiger partial charge in [-0.05, 0) is 47.5 Å². The summed E-state index contributed by atoms with van der Waals surface area (Å²) >= 11 is 0. The van der Waals surface area contributed by atoms with Crippen LogP contribution < -0.4 is 10.3 Å². The molecule has 0 aliphatic heterocycles. The number of sulfone groups is 1. The van der Waals surface area contributed by atoms with Crippen molar-refractivity contribution in [2.45, 2.75) is 11.4 Å². The van der Waals surface area contributed by atoms with E-state index in [1.165, 1.54) is 35.0 Å². The van der Waals surface area contributed by atoms with Gasteiger partial charge in [0.25, 0.3) is 5.56 Å². The van der Waals surface area contributed by atoms with Crippen LogP contribution >= 0.6 is 0 Å². The summed E-state index contributed by atoms with van der Waals surface area (Å²) in [5, 5.41) is 4.60. The van der Waals surface area contributed by atoms with Gasteiger partial charge in [-0.15, -0.1) is 0 Å². The van der Waals surface area contributed by atoms with Crippen molar-refractivity contribution < 1.29 is 17.5 Å². The van der Waals surface area contributed by atoms with Crippen LogP contribution in [0.25, 0.3) is 22.4 Å². The minimum Gasteiger partial charge on any atom is -0.497 e. The number of nitrogens with zero attached hydrogens (tertiary/aromatic N) is 2. The maximum atomic E-state index is 13.5. The number of hydrogen-bond donors (Lipinski definition) is 0. The van der Waals surface area contributed by atoms with Crippen LogP contribution in [0.2, 0.25) is 0 Å². The molecule has 0 fully saturated rings. The van der Waals surface area contributed by atoms with E-state index in [-0.39, 0.29) is 17.0 Å². The average molecular weight is 465 g/mol. The van der Waals surface area contributed by atoms with Crippen LogP contribution in [0, 0.1) is 5.82 Å². The minimum atomic E-state index is -3.36. The molecule has 0 bridgehead atoms. The van der Waals surface area contributed by atoms with Crippen LogP contribution in [-0.2, 0) is 16.4 Å². The number of ether oxygens (including phenoxy) is 1. The van der Waals surface area contributed by atoms with Crippen molar-refractivity contribution in [1.82, 2.24) is 9.78 Å². The Balaban J connectivity index is 1.83. The van der Waals surface area contributed by atoms with Crippen LogP contribution in [-0.4, -0.2) is 31.6 Å². The summed E-state index contributed by atoms with van der Waals surface area (Å²) in [6.45, 7) is 0.237. The van der Waals surface area contributed by atoms with Crippen molar-refractivity contribution >= 4 is 9.84 Å². The third kappa shape index (κ3) is 5.01. The van der Waals surface area contributed by atoms with Gasteiger partial charge in [0.1, 0.15) is 11.6 Å². The molecule has 33 heavy (non-hydrogen) atoms. The van der Waals surface area contributed by atoms with Crippen LogP contribution in [0.15, 0.2) is 88.6 Å². The molecule has 0 unspecified atom stereocenters. The molecule has 8 heteroatoms. The van der Waals surface area contributed by atoms with E-state index in [1.807, 2.05) is 12.1 Å². The van der Waals surface area contributed by atoms with Crippen molar-refractivity contribution in [3.8, 4) is 28.1 Å². The third-order valence-electron chi connectivity index (χ3n) is 5.20. The quantitative estimate of drug-likeness (QED) is 0.428. The fourth-order valence-electron chi connectivity index (χ4n) is 3.43. The second kappa shape index (κ2) is 8.99. The topological polar surface area (TPSA) is 78.3 Å². The summed E-state index contributed by atoms with van der Waals surface area (Å²) < 4.78 is 43.7. The molecule has 3 aromatic carbocycles. The van der Waals surface area contributed by atoms with E-state index in [9.17, 15) is 17.6 Å². The lowest BCUT2D eigenvalue weighted by atomic mass is 10.00. The summed E-state index contributed by atoms with van der Waals surface area (Å²) in [6.07, 6.45) is 1.14. The van der Waals surface area contributed by atoms with Gasteiger partial charge < -0.3 is 4.74 Å². The molecule has 0 spiro atoms. The second-order valence-electron chi connectivity index (χ2n) is 7.55. The van der Waals surface area contributed by atoms with Gasteiger partial charge in [-0.25, -0.2) is 17.5 Å². The molecule has 6 nitrogen and oxygen atoms in total. The first kappa shape index (κ1) is 22.4. The highest BCUT2D eigenvalue weighted by Gasteiger charge is 2.15. The van der Waals surface area contributed by atoms with Gasteiger partial charge in [-0.3, -0.25) is 4.79 Å². The van der Waals surface area contributed by atoms with Gasteiger partial charge in [0.05, 0.1) is 24.2 Å². The Bertz CT molecular complexity index is 1440. The second-order valence-corrected chi connectivity index (χ2v) is 9.57. The predicted molar refractivity (Wildman–Crippen MR) is 125 cm³/mol. The number of methoxy groups -OCH3 is 1. The zero-order valence-electron chi connectivity index (χ0n) is 18.0. The van der Waals surface area contributed by atoms with E-state index in [0.29, 0.717) is 28.1 Å². The maximum Gasteiger partial charge on any atom is 0.267 e. The van der Waals surface area contributed by atoms with Gasteiger partial charge in [0.15, 0.2) is 9.84 Å². The number of hydrogen-bond acceptors (Lipinski definition) is 5. The Morgan fingerprint density at radius 1 is 0.909 bits per heavy atom. The van der Waals surface area contributed by atoms with Crippen LogP contribution in [0.1, 0.15) is 5.56 Å². The fourth-order valence-corrected chi connectivity index (χ4v) is 4.06. The van der Waals surface area contributed by atoms with E-state index in [1.54, 1.807) is 43.5 Å². The smallest absolute Gasteiger partial charge is 0.267 e. The fraction of sp³-hybridized carbons (Fsp3) is 0.120. The van der Waals surface area contributed by atoms with Gasteiger partial charge >= 0.3 is 0 Å². The Morgan fingerprint density at radius 3 is 2.09 bits per heavy atom. The standard InChI is InChI=1S/C25H21FN2O4S/c1-32-21-11-3-17(4-12-21)16-28-24(29)15-23(18-5-9-20(26)10-6-18)25(27-28)19-7-13-22(14-8-19)33(2,30)31/h3-15H,16H2,1-2H3. The summed E-state index contributed by atoms with van der Waals surface area (Å²) in [7, 11) is -1.78. The molecule has 0 aliphatic rings. The first-order valence-corrected chi connectivity index (χ1v) is 12.0. The van der Waals surface area contributed by atoms with Crippen molar-refractivity contribution in [3.05, 3.63) is 101 Å². The Hall–Kier alpha value is -3.78. The van der Waals surface area contributed by atoms with Crippen LogP contribution in [0.5, 0.6) is 5.75 Å². The monoisotopic (exact) mass is 464 g/mol. The lowest BCUT2D eigenvalue weighted by Gasteiger charge is -2.13. The Kier molecular flexibility index (Phi) is 6.11. The number of benzene rings is 3. The first-order chi connectivity index (χ1) is 15.7. The molecule has 0 aliphatic carbocycles. The van der Waals surface area contributed by atoms with E-state index >= 15 is 0 Å². The molecule has 1 aromatic heterocycles. The normalized spacial score (nSPS) is 11.4. The molecule has 0 saturated carbocycles. The summed E-state index contributed by atoms with van der Waals surface area (Å²) in [6, 6.07) is 20.8. The van der Waals surface area contributed by atoms with E-state index < -0.39 is 15.7 Å². The van der Waals surface area contributed by atoms with Crippen LogP contribution in [0.4, 0.5) is 4.39 Å². The summed E-state index contributed by atoms with van der Waals surface area (Å²) in [5.74, 6) is 0.316. The third-order valence-corrected chi connectivity index (χ3v) is 6.33. The molecular formula is C25H21FN2O4S. The lowest BCUT2D eigenvalue weighted by Crippen LogP contribution is -2.24. The predicted octanol–water partition coefficient (Wildman–Crippen LogP) is 4.18. The maximum absolute atomic E-state index is 13.5. The highest BCUT2D eigenvalue weighted by Crippen LogP contribution is 2.30. The Labute approximate surface area is 190 Å². The molecule has 1 heterocycles. The summed E-state index contributed by atoms with van der Waals surface area (Å²) in [5.41, 5.74) is 2.80. The largest absolute Gasteiger partial charge is 0.497 e. The summed E-state index contributed by atoms with van der Waals surface area (Å²) in [4.78, 5) is 13.1. The molecule has 0 atom stereocenters. The van der Waals surface area contributed by atoms with Crippen molar-refractivity contribution in [2.75, 3.05) is 13.4 Å². The van der Waals surface area contributed by atoms with Crippen molar-refractivity contribution in [3.63, 3.8) is 0 Å².